The van der Waals surface area contributed by atoms with Gasteiger partial charge in [0.25, 0.3) is 6.71 Å². The molecule has 216 valence electrons. The number of rotatable bonds is 5. The summed E-state index contributed by atoms with van der Waals surface area (Å²) in [5.41, 5.74) is 18.4. The van der Waals surface area contributed by atoms with Crippen LogP contribution >= 0.6 is 0 Å². The van der Waals surface area contributed by atoms with Gasteiger partial charge >= 0.3 is 0 Å². The van der Waals surface area contributed by atoms with E-state index in [2.05, 4.69) is 32.6 Å². The maximum Gasteiger partial charge on any atom is 0.268 e. The number of piperazine rings is 1. The molecule has 3 aliphatic heterocycles. The highest BCUT2D eigenvalue weighted by molar-refractivity contribution is 6.70. The van der Waals surface area contributed by atoms with Crippen molar-refractivity contribution in [1.82, 2.24) is 19.9 Å². The van der Waals surface area contributed by atoms with Crippen LogP contribution in [0.5, 0.6) is 5.75 Å². The first kappa shape index (κ1) is 26.7. The van der Waals surface area contributed by atoms with E-state index in [1.807, 2.05) is 24.5 Å². The van der Waals surface area contributed by atoms with E-state index < -0.39 is 0 Å². The number of nitrogen functional groups attached to an aromatic ring is 1. The van der Waals surface area contributed by atoms with Gasteiger partial charge in [-0.2, -0.15) is 0 Å². The fourth-order valence-corrected chi connectivity index (χ4v) is 7.82. The highest BCUT2D eigenvalue weighted by Crippen LogP contribution is 2.58. The summed E-state index contributed by atoms with van der Waals surface area (Å²) in [6.07, 6.45) is 11.3. The van der Waals surface area contributed by atoms with Crippen molar-refractivity contribution in [1.29, 1.82) is 5.26 Å². The number of H-pyrrole nitrogens is 1. The minimum atomic E-state index is -0.00927. The Morgan fingerprint density at radius 3 is 2.55 bits per heavy atom. The van der Waals surface area contributed by atoms with Crippen LogP contribution in [0.25, 0.3) is 11.8 Å². The third-order valence-electron chi connectivity index (χ3n) is 10.1. The number of hydrogen-bond donors (Lipinski definition) is 4. The zero-order valence-corrected chi connectivity index (χ0v) is 24.1. The van der Waals surface area contributed by atoms with E-state index >= 15 is 0 Å². The fraction of sp³-hybridized carbons (Fsp3) is 0.452. The van der Waals surface area contributed by atoms with Gasteiger partial charge in [-0.25, -0.2) is 15.2 Å². The van der Waals surface area contributed by atoms with Crippen molar-refractivity contribution >= 4 is 35.9 Å². The van der Waals surface area contributed by atoms with Crippen LogP contribution in [-0.2, 0) is 6.42 Å². The van der Waals surface area contributed by atoms with Crippen molar-refractivity contribution in [3.63, 3.8) is 0 Å². The maximum absolute atomic E-state index is 10.3. The molecule has 3 fully saturated rings. The number of benzene rings is 1. The number of aromatic amines is 1. The molecule has 2 aromatic heterocycles. The summed E-state index contributed by atoms with van der Waals surface area (Å²) in [5.74, 6) is 3.85. The number of phenolic OH excluding ortho intramolecular Hbond substituents is 1. The van der Waals surface area contributed by atoms with Crippen molar-refractivity contribution in [2.45, 2.75) is 50.9 Å². The van der Waals surface area contributed by atoms with Crippen LogP contribution < -0.4 is 21.3 Å². The molecule has 11 heteroatoms. The molecule has 3 aromatic rings. The largest absolute Gasteiger partial charge is 0.507 e. The van der Waals surface area contributed by atoms with Gasteiger partial charge in [0.05, 0.1) is 24.1 Å². The molecule has 1 unspecified atom stereocenters. The van der Waals surface area contributed by atoms with Crippen LogP contribution in [0, 0.1) is 16.6 Å². The number of nitrogens with two attached hydrogens (primary N) is 2. The SMILES string of the molecule is CC1c2c([nH]c(N)c2/C=C(\N)c2ccccc2O)CCN1c1ncc(N2CCN(C3CC4(CB(C#N)C4)C3)CC2)cn1. The first-order chi connectivity index (χ1) is 20.3. The average molecular weight is 564 g/mol. The van der Waals surface area contributed by atoms with Gasteiger partial charge in [-0.05, 0) is 43.4 Å². The molecule has 42 heavy (non-hydrogen) atoms. The van der Waals surface area contributed by atoms with E-state index in [1.165, 1.54) is 12.8 Å². The molecule has 1 saturated carbocycles. The zero-order chi connectivity index (χ0) is 29.0. The lowest BCUT2D eigenvalue weighted by Crippen LogP contribution is -2.61. The molecule has 1 aromatic carbocycles. The third-order valence-corrected chi connectivity index (χ3v) is 10.1. The Labute approximate surface area is 247 Å². The predicted molar refractivity (Wildman–Crippen MR) is 167 cm³/mol. The Morgan fingerprint density at radius 2 is 1.86 bits per heavy atom. The Balaban J connectivity index is 1.01. The molecule has 6 N–H and O–H groups in total. The van der Waals surface area contributed by atoms with Crippen molar-refractivity contribution in [3.05, 3.63) is 59.0 Å². The molecule has 0 bridgehead atoms. The maximum atomic E-state index is 10.3. The average Bonchev–Trinajstić information content (AvgIpc) is 3.28. The number of nitrogens with zero attached hydrogens (tertiary/aromatic N) is 6. The predicted octanol–water partition coefficient (Wildman–Crippen LogP) is 3.51. The number of para-hydroxylation sites is 1. The molecule has 7 rings (SSSR count). The Kier molecular flexibility index (Phi) is 6.54. The highest BCUT2D eigenvalue weighted by atomic mass is 16.3. The number of aromatic nitrogens is 3. The number of anilines is 3. The normalized spacial score (nSPS) is 22.4. The quantitative estimate of drug-likeness (QED) is 0.342. The van der Waals surface area contributed by atoms with Crippen molar-refractivity contribution in [2.75, 3.05) is 48.3 Å². The lowest BCUT2D eigenvalue weighted by atomic mass is 9.23. The Hall–Kier alpha value is -4.17. The number of fused-ring (bicyclic) bond motifs is 1. The molecule has 1 atom stereocenters. The summed E-state index contributed by atoms with van der Waals surface area (Å²) in [5, 5.41) is 19.4. The second-order valence-electron chi connectivity index (χ2n) is 12.6. The lowest BCUT2D eigenvalue weighted by Gasteiger charge is -2.59. The molecule has 1 aliphatic carbocycles. The third kappa shape index (κ3) is 4.54. The van der Waals surface area contributed by atoms with Gasteiger partial charge < -0.3 is 31.4 Å². The summed E-state index contributed by atoms with van der Waals surface area (Å²) in [4.78, 5) is 20.2. The van der Waals surface area contributed by atoms with Crippen molar-refractivity contribution < 1.29 is 5.11 Å². The van der Waals surface area contributed by atoms with Crippen LogP contribution in [0.2, 0.25) is 12.6 Å². The second-order valence-corrected chi connectivity index (χ2v) is 12.6. The first-order valence-electron chi connectivity index (χ1n) is 15.1. The molecule has 4 aliphatic rings. The summed E-state index contributed by atoms with van der Waals surface area (Å²) < 4.78 is 0. The minimum Gasteiger partial charge on any atom is -0.507 e. The van der Waals surface area contributed by atoms with Gasteiger partial charge in [0, 0.05) is 79.2 Å². The molecular weight excluding hydrogens is 525 g/mol. The van der Waals surface area contributed by atoms with Gasteiger partial charge in [-0.1, -0.05) is 24.8 Å². The van der Waals surface area contributed by atoms with E-state index in [1.54, 1.807) is 18.2 Å². The molecule has 0 radical (unpaired) electrons. The summed E-state index contributed by atoms with van der Waals surface area (Å²) in [6, 6.07) is 7.72. The van der Waals surface area contributed by atoms with Crippen LogP contribution in [0.4, 0.5) is 17.5 Å². The van der Waals surface area contributed by atoms with Gasteiger partial charge in [0.1, 0.15) is 11.6 Å². The lowest BCUT2D eigenvalue weighted by molar-refractivity contribution is 0.0110. The molecule has 2 saturated heterocycles. The zero-order valence-electron chi connectivity index (χ0n) is 24.1. The number of phenols is 1. The molecule has 10 nitrogen and oxygen atoms in total. The topological polar surface area (TPSA) is 147 Å². The second kappa shape index (κ2) is 10.3. The number of nitriles is 1. The standard InChI is InChI=1S/C31H38BN9O/c1-20-28-24(12-25(34)23-4-2-3-5-27(23)42)29(35)38-26(28)6-7-41(20)30-36-15-22(16-37-30)40-10-8-39(9-11-40)21-13-31(14-21)17-32(18-31)19-33/h2-5,12,15-16,20-21,38,42H,6-11,13-14,17-18,34-35H2,1H3/b25-12-. The summed E-state index contributed by atoms with van der Waals surface area (Å²) >= 11 is 0. The Bertz CT molecular complexity index is 1540. The van der Waals surface area contributed by atoms with E-state index in [0.717, 1.165) is 74.3 Å². The van der Waals surface area contributed by atoms with Gasteiger partial charge in [-0.15, -0.1) is 0 Å². The minimum absolute atomic E-state index is 0.00927. The van der Waals surface area contributed by atoms with Crippen LogP contribution in [0.1, 0.15) is 48.2 Å². The molecule has 0 amide bonds. The van der Waals surface area contributed by atoms with Crippen LogP contribution in [0.3, 0.4) is 0 Å². The highest BCUT2D eigenvalue weighted by Gasteiger charge is 2.55. The van der Waals surface area contributed by atoms with E-state index in [0.29, 0.717) is 41.2 Å². The molecule has 1 spiro atoms. The Morgan fingerprint density at radius 1 is 1.14 bits per heavy atom. The number of nitrogens with one attached hydrogen (secondary N) is 1. The monoisotopic (exact) mass is 563 g/mol. The molecule has 5 heterocycles. The number of hydrogen-bond acceptors (Lipinski definition) is 9. The van der Waals surface area contributed by atoms with Crippen molar-refractivity contribution in [2.24, 2.45) is 11.1 Å². The van der Waals surface area contributed by atoms with E-state index in [9.17, 15) is 5.11 Å². The van der Waals surface area contributed by atoms with E-state index in [-0.39, 0.29) is 11.8 Å². The molecular formula is C31H38BN9O. The summed E-state index contributed by atoms with van der Waals surface area (Å²) in [6.45, 7) is 7.30. The van der Waals surface area contributed by atoms with Crippen LogP contribution in [-0.4, -0.2) is 70.4 Å². The smallest absolute Gasteiger partial charge is 0.268 e. The summed E-state index contributed by atoms with van der Waals surface area (Å²) in [7, 11) is 0. The van der Waals surface area contributed by atoms with Crippen molar-refractivity contribution in [3.8, 4) is 11.7 Å². The fourth-order valence-electron chi connectivity index (χ4n) is 7.82. The van der Waals surface area contributed by atoms with E-state index in [4.69, 9.17) is 26.7 Å². The van der Waals surface area contributed by atoms with Gasteiger partial charge in [-0.3, -0.25) is 4.90 Å². The number of aromatic hydroxyl groups is 1. The van der Waals surface area contributed by atoms with Gasteiger partial charge in [0.15, 0.2) is 0 Å². The van der Waals surface area contributed by atoms with Gasteiger partial charge in [0.2, 0.25) is 5.95 Å². The first-order valence-corrected chi connectivity index (χ1v) is 15.1. The van der Waals surface area contributed by atoms with Crippen LogP contribution in [0.15, 0.2) is 36.7 Å².